The van der Waals surface area contributed by atoms with Crippen LogP contribution in [0.25, 0.3) is 0 Å². The first-order chi connectivity index (χ1) is 9.50. The maximum absolute atomic E-state index is 6.29. The molecule has 1 aromatic carbocycles. The van der Waals surface area contributed by atoms with Crippen molar-refractivity contribution in [2.24, 2.45) is 5.41 Å². The van der Waals surface area contributed by atoms with Gasteiger partial charge in [-0.15, -0.1) is 0 Å². The SMILES string of the molecule is CCCC(C)(CNCCOC)Cc1ccc(Cl)cc1Cl. The molecule has 0 aliphatic heterocycles. The Hall–Kier alpha value is -0.280. The molecule has 0 radical (unpaired) electrons. The predicted molar refractivity (Wildman–Crippen MR) is 87.9 cm³/mol. The van der Waals surface area contributed by atoms with Gasteiger partial charge < -0.3 is 10.1 Å². The quantitative estimate of drug-likeness (QED) is 0.673. The molecule has 0 saturated heterocycles. The Kier molecular flexibility index (Phi) is 7.90. The van der Waals surface area contributed by atoms with E-state index >= 15 is 0 Å². The highest BCUT2D eigenvalue weighted by Gasteiger charge is 2.24. The van der Waals surface area contributed by atoms with Crippen LogP contribution in [-0.4, -0.2) is 26.8 Å². The molecule has 0 saturated carbocycles. The molecule has 0 aliphatic rings. The summed E-state index contributed by atoms with van der Waals surface area (Å²) in [5.41, 5.74) is 1.36. The summed E-state index contributed by atoms with van der Waals surface area (Å²) >= 11 is 12.3. The van der Waals surface area contributed by atoms with Gasteiger partial charge in [0.25, 0.3) is 0 Å². The number of nitrogens with one attached hydrogen (secondary N) is 1. The van der Waals surface area contributed by atoms with Gasteiger partial charge in [0, 0.05) is 30.2 Å². The Morgan fingerprint density at radius 3 is 2.65 bits per heavy atom. The fourth-order valence-electron chi connectivity index (χ4n) is 2.53. The lowest BCUT2D eigenvalue weighted by Crippen LogP contribution is -2.35. The zero-order chi connectivity index (χ0) is 15.0. The molecule has 114 valence electrons. The van der Waals surface area contributed by atoms with Crippen molar-refractivity contribution in [1.29, 1.82) is 0 Å². The smallest absolute Gasteiger partial charge is 0.0587 e. The van der Waals surface area contributed by atoms with Crippen molar-refractivity contribution in [3.05, 3.63) is 33.8 Å². The monoisotopic (exact) mass is 317 g/mol. The molecule has 4 heteroatoms. The number of halogens is 2. The molecule has 1 aromatic rings. The van der Waals surface area contributed by atoms with Gasteiger partial charge in [-0.3, -0.25) is 0 Å². The van der Waals surface area contributed by atoms with E-state index in [0.717, 1.165) is 44.0 Å². The van der Waals surface area contributed by atoms with Crippen molar-refractivity contribution in [3.8, 4) is 0 Å². The highest BCUT2D eigenvalue weighted by atomic mass is 35.5. The average molecular weight is 318 g/mol. The van der Waals surface area contributed by atoms with Gasteiger partial charge in [-0.2, -0.15) is 0 Å². The number of benzene rings is 1. The molecule has 0 aromatic heterocycles. The van der Waals surface area contributed by atoms with E-state index < -0.39 is 0 Å². The average Bonchev–Trinajstić information content (AvgIpc) is 2.39. The van der Waals surface area contributed by atoms with Crippen LogP contribution in [0.1, 0.15) is 32.3 Å². The first kappa shape index (κ1) is 17.8. The second-order valence-corrected chi connectivity index (χ2v) is 6.49. The molecule has 1 unspecified atom stereocenters. The zero-order valence-corrected chi connectivity index (χ0v) is 14.2. The van der Waals surface area contributed by atoms with Crippen molar-refractivity contribution in [1.82, 2.24) is 5.32 Å². The minimum absolute atomic E-state index is 0.194. The lowest BCUT2D eigenvalue weighted by Gasteiger charge is -2.30. The van der Waals surface area contributed by atoms with Gasteiger partial charge in [-0.1, -0.05) is 49.5 Å². The normalized spacial score (nSPS) is 14.2. The Bertz CT molecular complexity index is 411. The summed E-state index contributed by atoms with van der Waals surface area (Å²) in [5, 5.41) is 4.92. The van der Waals surface area contributed by atoms with Gasteiger partial charge in [0.05, 0.1) is 6.61 Å². The van der Waals surface area contributed by atoms with Crippen molar-refractivity contribution in [3.63, 3.8) is 0 Å². The Morgan fingerprint density at radius 1 is 1.30 bits per heavy atom. The lowest BCUT2D eigenvalue weighted by molar-refractivity contribution is 0.190. The predicted octanol–water partition coefficient (Wildman–Crippen LogP) is 4.58. The molecule has 0 bridgehead atoms. The lowest BCUT2D eigenvalue weighted by atomic mass is 9.79. The third-order valence-electron chi connectivity index (χ3n) is 3.52. The van der Waals surface area contributed by atoms with Crippen LogP contribution >= 0.6 is 23.2 Å². The van der Waals surface area contributed by atoms with E-state index in [-0.39, 0.29) is 5.41 Å². The Morgan fingerprint density at radius 2 is 2.05 bits per heavy atom. The van der Waals surface area contributed by atoms with E-state index in [1.54, 1.807) is 7.11 Å². The largest absolute Gasteiger partial charge is 0.383 e. The second-order valence-electron chi connectivity index (χ2n) is 5.64. The fourth-order valence-corrected chi connectivity index (χ4v) is 3.01. The van der Waals surface area contributed by atoms with Crippen LogP contribution < -0.4 is 5.32 Å². The molecule has 0 fully saturated rings. The highest BCUT2D eigenvalue weighted by molar-refractivity contribution is 6.35. The van der Waals surface area contributed by atoms with Crippen LogP contribution in [0, 0.1) is 5.41 Å². The van der Waals surface area contributed by atoms with Gasteiger partial charge in [0.15, 0.2) is 0 Å². The van der Waals surface area contributed by atoms with Gasteiger partial charge >= 0.3 is 0 Å². The minimum atomic E-state index is 0.194. The molecule has 0 spiro atoms. The molecule has 0 amide bonds. The highest BCUT2D eigenvalue weighted by Crippen LogP contribution is 2.31. The van der Waals surface area contributed by atoms with Gasteiger partial charge in [-0.25, -0.2) is 0 Å². The number of methoxy groups -OCH3 is 1. The minimum Gasteiger partial charge on any atom is -0.383 e. The molecular weight excluding hydrogens is 293 g/mol. The summed E-state index contributed by atoms with van der Waals surface area (Å²) in [6, 6.07) is 5.77. The van der Waals surface area contributed by atoms with Gasteiger partial charge in [0.1, 0.15) is 0 Å². The van der Waals surface area contributed by atoms with Crippen LogP contribution in [0.5, 0.6) is 0 Å². The van der Waals surface area contributed by atoms with Crippen molar-refractivity contribution in [2.45, 2.75) is 33.1 Å². The van der Waals surface area contributed by atoms with Crippen molar-refractivity contribution >= 4 is 23.2 Å². The summed E-state index contributed by atoms with van der Waals surface area (Å²) < 4.78 is 5.07. The molecule has 0 aliphatic carbocycles. The van der Waals surface area contributed by atoms with Gasteiger partial charge in [0.2, 0.25) is 0 Å². The Balaban J connectivity index is 2.69. The maximum Gasteiger partial charge on any atom is 0.0587 e. The van der Waals surface area contributed by atoms with Crippen LogP contribution in [-0.2, 0) is 11.2 Å². The molecule has 1 N–H and O–H groups in total. The fraction of sp³-hybridized carbons (Fsp3) is 0.625. The summed E-state index contributed by atoms with van der Waals surface area (Å²) in [7, 11) is 1.72. The van der Waals surface area contributed by atoms with Crippen LogP contribution in [0.3, 0.4) is 0 Å². The number of hydrogen-bond donors (Lipinski definition) is 1. The molecule has 2 nitrogen and oxygen atoms in total. The second kappa shape index (κ2) is 8.89. The number of rotatable bonds is 9. The van der Waals surface area contributed by atoms with Crippen LogP contribution in [0.15, 0.2) is 18.2 Å². The number of hydrogen-bond acceptors (Lipinski definition) is 2. The molecular formula is C16H25Cl2NO. The zero-order valence-electron chi connectivity index (χ0n) is 12.6. The van der Waals surface area contributed by atoms with Crippen LogP contribution in [0.2, 0.25) is 10.0 Å². The summed E-state index contributed by atoms with van der Waals surface area (Å²) in [6.45, 7) is 7.11. The third kappa shape index (κ3) is 6.01. The standard InChI is InChI=1S/C16H25Cl2NO/c1-4-7-16(2,12-19-8-9-20-3)11-13-5-6-14(17)10-15(13)18/h5-6,10,19H,4,7-9,11-12H2,1-3H3. The Labute approximate surface area is 132 Å². The van der Waals surface area contributed by atoms with Crippen LogP contribution in [0.4, 0.5) is 0 Å². The van der Waals surface area contributed by atoms with E-state index in [9.17, 15) is 0 Å². The van der Waals surface area contributed by atoms with Crippen molar-refractivity contribution < 1.29 is 4.74 Å². The molecule has 20 heavy (non-hydrogen) atoms. The first-order valence-electron chi connectivity index (χ1n) is 7.14. The van der Waals surface area contributed by atoms with Gasteiger partial charge in [-0.05, 0) is 36.0 Å². The molecule has 0 heterocycles. The van der Waals surface area contributed by atoms with E-state index in [4.69, 9.17) is 27.9 Å². The van der Waals surface area contributed by atoms with E-state index in [2.05, 4.69) is 19.2 Å². The van der Waals surface area contributed by atoms with Crippen molar-refractivity contribution in [2.75, 3.05) is 26.8 Å². The van der Waals surface area contributed by atoms with E-state index in [1.807, 2.05) is 18.2 Å². The summed E-state index contributed by atoms with van der Waals surface area (Å²) in [6.07, 6.45) is 3.27. The number of ether oxygens (including phenoxy) is 1. The molecule has 1 rings (SSSR count). The molecule has 1 atom stereocenters. The summed E-state index contributed by atoms with van der Waals surface area (Å²) in [5.74, 6) is 0. The first-order valence-corrected chi connectivity index (χ1v) is 7.90. The topological polar surface area (TPSA) is 21.3 Å². The van der Waals surface area contributed by atoms with E-state index in [1.165, 1.54) is 5.56 Å². The third-order valence-corrected chi connectivity index (χ3v) is 4.11. The maximum atomic E-state index is 6.29. The van der Waals surface area contributed by atoms with E-state index in [0.29, 0.717) is 5.02 Å². The summed E-state index contributed by atoms with van der Waals surface area (Å²) in [4.78, 5) is 0.